The molecular formula is C31H23N5O5. The van der Waals surface area contributed by atoms with Gasteiger partial charge < -0.3 is 21.1 Å². The van der Waals surface area contributed by atoms with Crippen molar-refractivity contribution in [1.82, 2.24) is 4.98 Å². The van der Waals surface area contributed by atoms with Gasteiger partial charge in [-0.15, -0.1) is 0 Å². The maximum Gasteiger partial charge on any atom is 0.310 e. The number of nitrogens with two attached hydrogens (primary N) is 1. The normalized spacial score (nSPS) is 12.0. The molecule has 5 aromatic rings. The van der Waals surface area contributed by atoms with Gasteiger partial charge in [-0.3, -0.25) is 19.7 Å². The predicted octanol–water partition coefficient (Wildman–Crippen LogP) is 5.82. The molecule has 0 bridgehead atoms. The number of nitro groups is 1. The van der Waals surface area contributed by atoms with Gasteiger partial charge in [0.15, 0.2) is 5.75 Å². The van der Waals surface area contributed by atoms with Crippen molar-refractivity contribution in [3.63, 3.8) is 0 Å². The molecule has 1 aromatic heterocycles. The quantitative estimate of drug-likeness (QED) is 0.180. The Morgan fingerprint density at radius 1 is 0.878 bits per heavy atom. The fourth-order valence-corrected chi connectivity index (χ4v) is 4.93. The van der Waals surface area contributed by atoms with Crippen LogP contribution in [-0.2, 0) is 11.2 Å². The van der Waals surface area contributed by atoms with E-state index in [0.29, 0.717) is 28.2 Å². The first kappa shape index (κ1) is 25.5. The van der Waals surface area contributed by atoms with E-state index in [0.717, 1.165) is 33.3 Å². The molecule has 10 nitrogen and oxygen atoms in total. The first-order valence-corrected chi connectivity index (χ1v) is 12.7. The molecule has 0 saturated heterocycles. The minimum Gasteiger partial charge on any atom is -0.490 e. The topological polar surface area (TPSA) is 149 Å². The molecule has 0 saturated carbocycles. The molecule has 2 amide bonds. The van der Waals surface area contributed by atoms with Crippen LogP contribution in [-0.4, -0.2) is 28.8 Å². The van der Waals surface area contributed by atoms with Crippen LogP contribution < -0.4 is 21.1 Å². The highest BCUT2D eigenvalue weighted by Gasteiger charge is 2.21. The Morgan fingerprint density at radius 2 is 1.63 bits per heavy atom. The molecule has 0 radical (unpaired) electrons. The van der Waals surface area contributed by atoms with Gasteiger partial charge in [0.1, 0.15) is 0 Å². The number of hydrogen-bond acceptors (Lipinski definition) is 7. The third-order valence-corrected chi connectivity index (χ3v) is 6.94. The lowest BCUT2D eigenvalue weighted by Gasteiger charge is -2.13. The summed E-state index contributed by atoms with van der Waals surface area (Å²) in [5.74, 6) is -0.503. The first-order valence-electron chi connectivity index (χ1n) is 12.7. The summed E-state index contributed by atoms with van der Waals surface area (Å²) >= 11 is 0. The Kier molecular flexibility index (Phi) is 6.27. The maximum atomic E-state index is 13.0. The van der Waals surface area contributed by atoms with Crippen LogP contribution in [0.1, 0.15) is 15.9 Å². The summed E-state index contributed by atoms with van der Waals surface area (Å²) in [5.41, 5.74) is 12.2. The molecular weight excluding hydrogens is 522 g/mol. The lowest BCUT2D eigenvalue weighted by Crippen LogP contribution is -2.13. The molecule has 1 aliphatic rings. The second-order valence-corrected chi connectivity index (χ2v) is 9.61. The standard InChI is InChI=1S/C31H23N5O5/c1-41-29-16-19(6-11-28(29)36(39)40)18-3-7-22-26(14-18)34-27-15-21(5-10-25(27)35-31(22)38)24-9-4-20-12-17(13-30(32)37)2-8-23(20)33-24/h2-12,14-16,34H,13H2,1H3,(H2,32,37)(H,35,38). The number of primary amides is 1. The van der Waals surface area contributed by atoms with Crippen LogP contribution in [0.2, 0.25) is 0 Å². The number of anilines is 3. The zero-order chi connectivity index (χ0) is 28.7. The highest BCUT2D eigenvalue weighted by atomic mass is 16.6. The lowest BCUT2D eigenvalue weighted by atomic mass is 10.0. The van der Waals surface area contributed by atoms with Crippen LogP contribution in [0.15, 0.2) is 84.9 Å². The van der Waals surface area contributed by atoms with Crippen molar-refractivity contribution < 1.29 is 19.2 Å². The van der Waals surface area contributed by atoms with Crippen molar-refractivity contribution in [2.45, 2.75) is 6.42 Å². The summed E-state index contributed by atoms with van der Waals surface area (Å²) in [4.78, 5) is 39.9. The summed E-state index contributed by atoms with van der Waals surface area (Å²) in [6.45, 7) is 0. The second kappa shape index (κ2) is 10.1. The van der Waals surface area contributed by atoms with Crippen LogP contribution in [0.3, 0.4) is 0 Å². The highest BCUT2D eigenvalue weighted by molar-refractivity contribution is 6.12. The molecule has 202 valence electrons. The van der Waals surface area contributed by atoms with E-state index in [-0.39, 0.29) is 29.7 Å². The van der Waals surface area contributed by atoms with E-state index in [2.05, 4.69) is 10.6 Å². The zero-order valence-corrected chi connectivity index (χ0v) is 21.8. The number of rotatable bonds is 6. The van der Waals surface area contributed by atoms with Crippen LogP contribution >= 0.6 is 0 Å². The van der Waals surface area contributed by atoms with E-state index in [9.17, 15) is 19.7 Å². The highest BCUT2D eigenvalue weighted by Crippen LogP contribution is 2.38. The molecule has 10 heteroatoms. The summed E-state index contributed by atoms with van der Waals surface area (Å²) < 4.78 is 5.22. The van der Waals surface area contributed by atoms with E-state index < -0.39 is 4.92 Å². The van der Waals surface area contributed by atoms with Gasteiger partial charge >= 0.3 is 5.69 Å². The molecule has 0 aliphatic carbocycles. The molecule has 4 aromatic carbocycles. The Balaban J connectivity index is 1.35. The van der Waals surface area contributed by atoms with E-state index in [1.54, 1.807) is 24.3 Å². The van der Waals surface area contributed by atoms with Gasteiger partial charge in [0, 0.05) is 17.0 Å². The predicted molar refractivity (Wildman–Crippen MR) is 156 cm³/mol. The maximum absolute atomic E-state index is 13.0. The van der Waals surface area contributed by atoms with Gasteiger partial charge in [0.25, 0.3) is 5.91 Å². The van der Waals surface area contributed by atoms with Gasteiger partial charge in [-0.1, -0.05) is 24.3 Å². The van der Waals surface area contributed by atoms with Crippen molar-refractivity contribution in [2.75, 3.05) is 17.7 Å². The van der Waals surface area contributed by atoms with Gasteiger partial charge in [-0.2, -0.15) is 0 Å². The van der Waals surface area contributed by atoms with Crippen molar-refractivity contribution in [1.29, 1.82) is 0 Å². The Hall–Kier alpha value is -5.77. The molecule has 0 atom stereocenters. The van der Waals surface area contributed by atoms with Gasteiger partial charge in [0.2, 0.25) is 5.91 Å². The smallest absolute Gasteiger partial charge is 0.310 e. The summed E-state index contributed by atoms with van der Waals surface area (Å²) in [6, 6.07) is 25.1. The van der Waals surface area contributed by atoms with E-state index in [1.807, 2.05) is 54.6 Å². The van der Waals surface area contributed by atoms with Crippen molar-refractivity contribution >= 4 is 45.5 Å². The minimum absolute atomic E-state index is 0.127. The number of carbonyl (C=O) groups excluding carboxylic acids is 2. The molecule has 41 heavy (non-hydrogen) atoms. The van der Waals surface area contributed by atoms with E-state index in [4.69, 9.17) is 15.5 Å². The average molecular weight is 546 g/mol. The monoisotopic (exact) mass is 545 g/mol. The van der Waals surface area contributed by atoms with Crippen molar-refractivity contribution in [3.8, 4) is 28.1 Å². The molecule has 0 fully saturated rings. The number of nitro benzene ring substituents is 1. The number of nitrogens with one attached hydrogen (secondary N) is 2. The minimum atomic E-state index is -0.494. The SMILES string of the molecule is COc1cc(-c2ccc3c(c2)Nc2cc(-c4ccc5cc(CC(N)=O)ccc5n4)ccc2NC3=O)ccc1[N+](=O)[O-]. The van der Waals surface area contributed by atoms with Gasteiger partial charge in [-0.05, 0) is 71.3 Å². The molecule has 1 aliphatic heterocycles. The number of fused-ring (bicyclic) bond motifs is 3. The number of hydrogen-bond donors (Lipinski definition) is 3. The largest absolute Gasteiger partial charge is 0.490 e. The number of amides is 2. The summed E-state index contributed by atoms with van der Waals surface area (Å²) in [7, 11) is 1.38. The van der Waals surface area contributed by atoms with Crippen LogP contribution in [0.4, 0.5) is 22.7 Å². The third-order valence-electron chi connectivity index (χ3n) is 6.94. The van der Waals surface area contributed by atoms with Crippen molar-refractivity contribution in [3.05, 3.63) is 106 Å². The first-order chi connectivity index (χ1) is 19.8. The summed E-state index contributed by atoms with van der Waals surface area (Å²) in [6.07, 6.45) is 0.167. The van der Waals surface area contributed by atoms with Gasteiger partial charge in [-0.25, -0.2) is 4.98 Å². The van der Waals surface area contributed by atoms with E-state index >= 15 is 0 Å². The van der Waals surface area contributed by atoms with Gasteiger partial charge in [0.05, 0.1) is 52.3 Å². The van der Waals surface area contributed by atoms with Crippen LogP contribution in [0, 0.1) is 10.1 Å². The van der Waals surface area contributed by atoms with Crippen molar-refractivity contribution in [2.24, 2.45) is 5.73 Å². The average Bonchev–Trinajstić information content (AvgIpc) is 3.10. The summed E-state index contributed by atoms with van der Waals surface area (Å²) in [5, 5.41) is 18.5. The lowest BCUT2D eigenvalue weighted by molar-refractivity contribution is -0.385. The fourth-order valence-electron chi connectivity index (χ4n) is 4.93. The Morgan fingerprint density at radius 3 is 2.41 bits per heavy atom. The van der Waals surface area contributed by atoms with E-state index in [1.165, 1.54) is 13.2 Å². The van der Waals surface area contributed by atoms with Crippen LogP contribution in [0.5, 0.6) is 5.75 Å². The number of pyridine rings is 1. The fraction of sp³-hybridized carbons (Fsp3) is 0.0645. The second-order valence-electron chi connectivity index (χ2n) is 9.61. The Labute approximate surface area is 233 Å². The number of benzene rings is 4. The number of ether oxygens (including phenoxy) is 1. The Bertz CT molecular complexity index is 1900. The molecule has 4 N–H and O–H groups in total. The number of carbonyl (C=O) groups is 2. The molecule has 2 heterocycles. The molecule has 0 spiro atoms. The molecule has 0 unspecified atom stereocenters. The molecule has 6 rings (SSSR count). The zero-order valence-electron chi connectivity index (χ0n) is 21.8. The number of nitrogens with zero attached hydrogens (tertiary/aromatic N) is 2. The number of methoxy groups -OCH3 is 1. The van der Waals surface area contributed by atoms with Crippen LogP contribution in [0.25, 0.3) is 33.3 Å². The third kappa shape index (κ3) is 4.89. The number of aromatic nitrogens is 1.